The van der Waals surface area contributed by atoms with Crippen molar-refractivity contribution in [2.24, 2.45) is 0 Å². The molecule has 1 atom stereocenters. The zero-order valence-corrected chi connectivity index (χ0v) is 13.5. The van der Waals surface area contributed by atoms with Gasteiger partial charge in [0.25, 0.3) is 0 Å². The summed E-state index contributed by atoms with van der Waals surface area (Å²) in [4.78, 5) is 0. The number of rotatable bonds is 2. The molecule has 0 amide bonds. The number of benzene rings is 2. The fourth-order valence-electron chi connectivity index (χ4n) is 2.43. The predicted molar refractivity (Wildman–Crippen MR) is 91.1 cm³/mol. The highest BCUT2D eigenvalue weighted by Gasteiger charge is 2.08. The maximum atomic E-state index is 9.19. The van der Waals surface area contributed by atoms with Gasteiger partial charge in [-0.05, 0) is 70.5 Å². The highest BCUT2D eigenvalue weighted by atomic mass is 31.0. The monoisotopic (exact) mass is 303 g/mol. The number of anilines is 1. The van der Waals surface area contributed by atoms with E-state index in [0.717, 1.165) is 17.9 Å². The molecule has 4 heteroatoms. The number of phenols is 1. The Balaban J connectivity index is 0.000000155. The lowest BCUT2D eigenvalue weighted by Crippen LogP contribution is -2.01. The Kier molecular flexibility index (Phi) is 5.89. The number of aromatic hydroxyl groups is 1. The van der Waals surface area contributed by atoms with Gasteiger partial charge in [-0.1, -0.05) is 12.1 Å². The minimum Gasteiger partial charge on any atom is -0.508 e. The molecule has 3 nitrogen and oxygen atoms in total. The van der Waals surface area contributed by atoms with E-state index >= 15 is 0 Å². The molecule has 1 aliphatic carbocycles. The smallest absolute Gasteiger partial charge is 0.120 e. The first kappa shape index (κ1) is 15.7. The minimum absolute atomic E-state index is 0.408. The van der Waals surface area contributed by atoms with Gasteiger partial charge >= 0.3 is 0 Å². The molecule has 0 saturated heterocycles. The second-order valence-corrected chi connectivity index (χ2v) is 5.33. The molecule has 3 rings (SSSR count). The van der Waals surface area contributed by atoms with Crippen molar-refractivity contribution in [1.82, 2.24) is 0 Å². The molecule has 0 spiro atoms. The molecule has 0 heterocycles. The van der Waals surface area contributed by atoms with Crippen LogP contribution in [0.3, 0.4) is 0 Å². The molecule has 21 heavy (non-hydrogen) atoms. The Labute approximate surface area is 128 Å². The number of methoxy groups -OCH3 is 1. The molecule has 0 radical (unpaired) electrons. The molecule has 1 unspecified atom stereocenters. The fourth-order valence-corrected chi connectivity index (χ4v) is 2.61. The Hall–Kier alpha value is -1.73. The van der Waals surface area contributed by atoms with Gasteiger partial charge in [-0.15, -0.1) is 0 Å². The highest BCUT2D eigenvalue weighted by molar-refractivity contribution is 7.18. The number of fused-ring (bicyclic) bond motifs is 1. The Morgan fingerprint density at radius 3 is 2.52 bits per heavy atom. The molecular weight excluding hydrogens is 281 g/mol. The molecule has 0 aromatic heterocycles. The largest absolute Gasteiger partial charge is 0.508 e. The number of hydrogen-bond acceptors (Lipinski definition) is 3. The van der Waals surface area contributed by atoms with Crippen molar-refractivity contribution in [3.8, 4) is 11.5 Å². The van der Waals surface area contributed by atoms with E-state index in [2.05, 4.69) is 14.5 Å². The zero-order valence-electron chi connectivity index (χ0n) is 12.3. The van der Waals surface area contributed by atoms with Gasteiger partial charge in [0.2, 0.25) is 0 Å². The van der Waals surface area contributed by atoms with Crippen molar-refractivity contribution in [2.75, 3.05) is 12.2 Å². The Morgan fingerprint density at radius 2 is 1.81 bits per heavy atom. The van der Waals surface area contributed by atoms with E-state index in [9.17, 15) is 5.11 Å². The van der Waals surface area contributed by atoms with Gasteiger partial charge in [-0.3, -0.25) is 0 Å². The third-order valence-corrected chi connectivity index (χ3v) is 3.90. The van der Waals surface area contributed by atoms with Crippen molar-refractivity contribution in [3.63, 3.8) is 0 Å². The fraction of sp³-hybridized carbons (Fsp3) is 0.294. The topological polar surface area (TPSA) is 41.5 Å². The minimum atomic E-state index is 0.408. The van der Waals surface area contributed by atoms with Crippen LogP contribution >= 0.6 is 9.39 Å². The lowest BCUT2D eigenvalue weighted by Gasteiger charge is -2.14. The van der Waals surface area contributed by atoms with Gasteiger partial charge in [0.1, 0.15) is 11.5 Å². The van der Waals surface area contributed by atoms with Crippen molar-refractivity contribution in [2.45, 2.75) is 25.7 Å². The molecule has 0 aliphatic heterocycles. The molecular formula is C17H22NO2P. The normalized spacial score (nSPS) is 12.7. The lowest BCUT2D eigenvalue weighted by molar-refractivity contribution is 0.415. The highest BCUT2D eigenvalue weighted by Crippen LogP contribution is 2.24. The van der Waals surface area contributed by atoms with Crippen molar-refractivity contribution in [3.05, 3.63) is 53.6 Å². The lowest BCUT2D eigenvalue weighted by atomic mass is 9.92. The summed E-state index contributed by atoms with van der Waals surface area (Å²) in [5.41, 5.74) is 3.80. The van der Waals surface area contributed by atoms with Crippen LogP contribution in [-0.2, 0) is 12.8 Å². The molecule has 2 aromatic rings. The standard InChI is InChI=1S/C10H12O.C7H10NOP/c11-10-6-5-8-3-1-2-4-9(8)7-10;1-9-7-4-2-3-6(5-7)8-10/h5-7,11H,1-4H2;2-5,8H,10H2,1H3. The third kappa shape index (κ3) is 4.64. The van der Waals surface area contributed by atoms with Crippen LogP contribution in [-0.4, -0.2) is 12.2 Å². The third-order valence-electron chi connectivity index (χ3n) is 3.57. The molecule has 0 saturated carbocycles. The number of ether oxygens (including phenoxy) is 1. The summed E-state index contributed by atoms with van der Waals surface area (Å²) >= 11 is 0. The summed E-state index contributed by atoms with van der Waals surface area (Å²) in [6.07, 6.45) is 4.91. The van der Waals surface area contributed by atoms with Gasteiger partial charge in [0.15, 0.2) is 0 Å². The molecule has 0 bridgehead atoms. The first-order chi connectivity index (χ1) is 10.2. The molecule has 112 valence electrons. The average Bonchev–Trinajstić information content (AvgIpc) is 2.55. The average molecular weight is 303 g/mol. The number of aryl methyl sites for hydroxylation is 2. The van der Waals surface area contributed by atoms with Crippen LogP contribution in [0.25, 0.3) is 0 Å². The number of nitrogens with one attached hydrogen (secondary N) is 1. The van der Waals surface area contributed by atoms with Crippen LogP contribution in [0.2, 0.25) is 0 Å². The molecule has 2 N–H and O–H groups in total. The maximum absolute atomic E-state index is 9.19. The van der Waals surface area contributed by atoms with E-state index in [0.29, 0.717) is 5.75 Å². The van der Waals surface area contributed by atoms with Gasteiger partial charge in [0, 0.05) is 11.8 Å². The van der Waals surface area contributed by atoms with Crippen LogP contribution in [0.1, 0.15) is 24.0 Å². The van der Waals surface area contributed by atoms with E-state index in [1.54, 1.807) is 13.2 Å². The summed E-state index contributed by atoms with van der Waals surface area (Å²) in [6, 6.07) is 13.5. The van der Waals surface area contributed by atoms with Gasteiger partial charge in [0.05, 0.1) is 7.11 Å². The predicted octanol–water partition coefficient (Wildman–Crippen LogP) is 4.17. The number of hydrogen-bond donors (Lipinski definition) is 2. The molecule has 1 aliphatic rings. The van der Waals surface area contributed by atoms with Gasteiger partial charge in [-0.2, -0.15) is 0 Å². The van der Waals surface area contributed by atoms with E-state index < -0.39 is 0 Å². The first-order valence-corrected chi connectivity index (χ1v) is 7.72. The van der Waals surface area contributed by atoms with E-state index in [4.69, 9.17) is 4.74 Å². The van der Waals surface area contributed by atoms with Crippen molar-refractivity contribution >= 4 is 15.1 Å². The summed E-state index contributed by atoms with van der Waals surface area (Å²) in [6.45, 7) is 0. The van der Waals surface area contributed by atoms with E-state index in [1.807, 2.05) is 36.4 Å². The SMILES string of the molecule is COc1cccc(NP)c1.Oc1ccc2c(c1)CCCC2. The van der Waals surface area contributed by atoms with Crippen LogP contribution in [0.15, 0.2) is 42.5 Å². The van der Waals surface area contributed by atoms with Crippen LogP contribution in [0.5, 0.6) is 11.5 Å². The van der Waals surface area contributed by atoms with Crippen LogP contribution in [0, 0.1) is 0 Å². The summed E-state index contributed by atoms with van der Waals surface area (Å²) in [5, 5.41) is 12.1. The Morgan fingerprint density at radius 1 is 1.05 bits per heavy atom. The number of phenolic OH excluding ortho intramolecular Hbond substituents is 1. The van der Waals surface area contributed by atoms with Crippen molar-refractivity contribution in [1.29, 1.82) is 0 Å². The quantitative estimate of drug-likeness (QED) is 0.818. The second kappa shape index (κ2) is 7.90. The van der Waals surface area contributed by atoms with Crippen LogP contribution < -0.4 is 9.82 Å². The summed E-state index contributed by atoms with van der Waals surface area (Å²) in [7, 11) is 4.09. The molecule has 2 aromatic carbocycles. The molecule has 0 fully saturated rings. The first-order valence-electron chi connectivity index (χ1n) is 7.14. The van der Waals surface area contributed by atoms with Crippen molar-refractivity contribution < 1.29 is 9.84 Å². The Bertz CT molecular complexity index is 568. The maximum Gasteiger partial charge on any atom is 0.120 e. The zero-order chi connectivity index (χ0) is 15.1. The summed E-state index contributed by atoms with van der Waals surface area (Å²) < 4.78 is 5.01. The van der Waals surface area contributed by atoms with E-state index in [1.165, 1.54) is 30.4 Å². The summed E-state index contributed by atoms with van der Waals surface area (Å²) in [5.74, 6) is 1.28. The van der Waals surface area contributed by atoms with Crippen LogP contribution in [0.4, 0.5) is 5.69 Å². The second-order valence-electron chi connectivity index (χ2n) is 5.04. The van der Waals surface area contributed by atoms with Gasteiger partial charge < -0.3 is 14.9 Å². The van der Waals surface area contributed by atoms with E-state index in [-0.39, 0.29) is 0 Å². The van der Waals surface area contributed by atoms with Gasteiger partial charge in [-0.25, -0.2) is 0 Å².